The molecule has 0 fully saturated rings. The zero-order chi connectivity index (χ0) is 15.6. The Morgan fingerprint density at radius 1 is 1.19 bits per heavy atom. The second-order valence-electron chi connectivity index (χ2n) is 4.25. The predicted molar refractivity (Wildman–Crippen MR) is 71.0 cm³/mol. The van der Waals surface area contributed by atoms with Gasteiger partial charge in [-0.3, -0.25) is 4.79 Å². The molecule has 0 spiro atoms. The number of rotatable bonds is 4. The molecule has 0 bridgehead atoms. The predicted octanol–water partition coefficient (Wildman–Crippen LogP) is 3.97. The first-order valence-corrected chi connectivity index (χ1v) is 6.98. The van der Waals surface area contributed by atoms with Crippen molar-refractivity contribution in [2.45, 2.75) is 13.5 Å². The molecule has 1 amide bonds. The van der Waals surface area contributed by atoms with Gasteiger partial charge in [0.15, 0.2) is 23.3 Å². The van der Waals surface area contributed by atoms with Crippen molar-refractivity contribution < 1.29 is 22.4 Å². The van der Waals surface area contributed by atoms with Crippen molar-refractivity contribution in [3.8, 4) is 0 Å². The van der Waals surface area contributed by atoms with Gasteiger partial charge in [-0.2, -0.15) is 0 Å². The average molecular weight is 317 g/mol. The van der Waals surface area contributed by atoms with Gasteiger partial charge in [-0.05, 0) is 24.4 Å². The van der Waals surface area contributed by atoms with Gasteiger partial charge < -0.3 is 4.90 Å². The van der Waals surface area contributed by atoms with Crippen LogP contribution < -0.4 is 0 Å². The van der Waals surface area contributed by atoms with Gasteiger partial charge in [0.1, 0.15) is 0 Å². The van der Waals surface area contributed by atoms with E-state index in [0.717, 1.165) is 4.88 Å². The van der Waals surface area contributed by atoms with Crippen molar-refractivity contribution in [1.29, 1.82) is 0 Å². The molecule has 2 aromatic rings. The quantitative estimate of drug-likeness (QED) is 0.475. The van der Waals surface area contributed by atoms with E-state index in [9.17, 15) is 22.4 Å². The largest absolute Gasteiger partial charge is 0.334 e. The highest BCUT2D eigenvalue weighted by Gasteiger charge is 2.25. The number of nitrogens with zero attached hydrogens (tertiary/aromatic N) is 1. The maximum atomic E-state index is 13.6. The minimum absolute atomic E-state index is 0.188. The molecule has 0 atom stereocenters. The lowest BCUT2D eigenvalue weighted by molar-refractivity contribution is 0.0747. The van der Waals surface area contributed by atoms with E-state index < -0.39 is 34.7 Å². The van der Waals surface area contributed by atoms with Crippen LogP contribution in [0.4, 0.5) is 17.6 Å². The third-order valence-corrected chi connectivity index (χ3v) is 3.79. The maximum Gasteiger partial charge on any atom is 0.257 e. The van der Waals surface area contributed by atoms with Crippen LogP contribution in [0.2, 0.25) is 0 Å². The standard InChI is InChI=1S/C14H11F4NOS/c1-2-19(7-8-4-3-5-21-8)14(20)9-6-10(15)12(17)13(18)11(9)16/h3-6H,2,7H2,1H3. The van der Waals surface area contributed by atoms with Crippen LogP contribution >= 0.6 is 11.3 Å². The van der Waals surface area contributed by atoms with Crippen molar-refractivity contribution in [2.24, 2.45) is 0 Å². The lowest BCUT2D eigenvalue weighted by atomic mass is 10.1. The Hall–Kier alpha value is -1.89. The number of benzene rings is 1. The average Bonchev–Trinajstić information content (AvgIpc) is 2.98. The SMILES string of the molecule is CCN(Cc1cccs1)C(=O)c1cc(F)c(F)c(F)c1F. The Morgan fingerprint density at radius 3 is 2.48 bits per heavy atom. The second-order valence-corrected chi connectivity index (χ2v) is 5.28. The van der Waals surface area contributed by atoms with Gasteiger partial charge in [-0.1, -0.05) is 6.07 Å². The fraction of sp³-hybridized carbons (Fsp3) is 0.214. The van der Waals surface area contributed by atoms with E-state index in [1.54, 1.807) is 19.1 Å². The summed E-state index contributed by atoms with van der Waals surface area (Å²) in [6.07, 6.45) is 0. The molecular weight excluding hydrogens is 306 g/mol. The van der Waals surface area contributed by atoms with Gasteiger partial charge in [0.05, 0.1) is 12.1 Å². The summed E-state index contributed by atoms with van der Waals surface area (Å²) in [5.41, 5.74) is -0.815. The van der Waals surface area contributed by atoms with E-state index >= 15 is 0 Å². The number of carbonyl (C=O) groups is 1. The molecule has 2 rings (SSSR count). The molecular formula is C14H11F4NOS. The molecule has 1 heterocycles. The molecule has 0 aliphatic rings. The number of hydrogen-bond donors (Lipinski definition) is 0. The van der Waals surface area contributed by atoms with Gasteiger partial charge in [-0.25, -0.2) is 17.6 Å². The Kier molecular flexibility index (Phi) is 4.62. The van der Waals surface area contributed by atoms with E-state index in [-0.39, 0.29) is 13.1 Å². The molecule has 112 valence electrons. The fourth-order valence-electron chi connectivity index (χ4n) is 1.82. The van der Waals surface area contributed by atoms with Crippen LogP contribution in [0, 0.1) is 23.3 Å². The lowest BCUT2D eigenvalue weighted by Gasteiger charge is -2.20. The van der Waals surface area contributed by atoms with E-state index in [1.165, 1.54) is 16.2 Å². The normalized spacial score (nSPS) is 10.7. The molecule has 1 aromatic carbocycles. The number of hydrogen-bond acceptors (Lipinski definition) is 2. The van der Waals surface area contributed by atoms with Crippen LogP contribution in [0.25, 0.3) is 0 Å². The van der Waals surface area contributed by atoms with Crippen molar-refractivity contribution in [3.63, 3.8) is 0 Å². The third kappa shape index (κ3) is 3.07. The smallest absolute Gasteiger partial charge is 0.257 e. The second kappa shape index (κ2) is 6.26. The van der Waals surface area contributed by atoms with Gasteiger partial charge in [-0.15, -0.1) is 11.3 Å². The summed E-state index contributed by atoms with van der Waals surface area (Å²) in [7, 11) is 0. The Morgan fingerprint density at radius 2 is 1.90 bits per heavy atom. The minimum atomic E-state index is -1.98. The van der Waals surface area contributed by atoms with Crippen molar-refractivity contribution in [2.75, 3.05) is 6.54 Å². The van der Waals surface area contributed by atoms with Crippen molar-refractivity contribution >= 4 is 17.2 Å². The lowest BCUT2D eigenvalue weighted by Crippen LogP contribution is -2.31. The summed E-state index contributed by atoms with van der Waals surface area (Å²) < 4.78 is 52.9. The zero-order valence-corrected chi connectivity index (χ0v) is 11.8. The number of carbonyl (C=O) groups excluding carboxylic acids is 1. The topological polar surface area (TPSA) is 20.3 Å². The van der Waals surface area contributed by atoms with Gasteiger partial charge in [0.2, 0.25) is 0 Å². The highest BCUT2D eigenvalue weighted by Crippen LogP contribution is 2.21. The Labute approximate surface area is 122 Å². The van der Waals surface area contributed by atoms with Crippen LogP contribution in [0.1, 0.15) is 22.2 Å². The fourth-order valence-corrected chi connectivity index (χ4v) is 2.54. The summed E-state index contributed by atoms with van der Waals surface area (Å²) in [5, 5.41) is 1.81. The zero-order valence-electron chi connectivity index (χ0n) is 11.0. The number of amides is 1. The summed E-state index contributed by atoms with van der Waals surface area (Å²) in [6.45, 7) is 2.06. The van der Waals surface area contributed by atoms with Crippen LogP contribution in [-0.2, 0) is 6.54 Å². The highest BCUT2D eigenvalue weighted by atomic mass is 32.1. The Balaban J connectivity index is 2.34. The molecule has 21 heavy (non-hydrogen) atoms. The maximum absolute atomic E-state index is 13.6. The molecule has 0 radical (unpaired) electrons. The molecule has 2 nitrogen and oxygen atoms in total. The summed E-state index contributed by atoms with van der Waals surface area (Å²) in [5.74, 6) is -8.06. The number of halogens is 4. The monoisotopic (exact) mass is 317 g/mol. The third-order valence-electron chi connectivity index (χ3n) is 2.93. The first kappa shape index (κ1) is 15.5. The van der Waals surface area contributed by atoms with Gasteiger partial charge >= 0.3 is 0 Å². The van der Waals surface area contributed by atoms with E-state index in [4.69, 9.17) is 0 Å². The molecule has 0 aliphatic carbocycles. The van der Waals surface area contributed by atoms with E-state index in [1.807, 2.05) is 5.38 Å². The molecule has 0 saturated heterocycles. The molecule has 0 saturated carbocycles. The van der Waals surface area contributed by atoms with E-state index in [0.29, 0.717) is 6.07 Å². The van der Waals surface area contributed by atoms with Crippen LogP contribution in [0.3, 0.4) is 0 Å². The highest BCUT2D eigenvalue weighted by molar-refractivity contribution is 7.09. The van der Waals surface area contributed by atoms with Gasteiger partial charge in [0.25, 0.3) is 5.91 Å². The summed E-state index contributed by atoms with van der Waals surface area (Å²) in [4.78, 5) is 14.2. The van der Waals surface area contributed by atoms with Crippen LogP contribution in [0.5, 0.6) is 0 Å². The molecule has 0 N–H and O–H groups in total. The van der Waals surface area contributed by atoms with Gasteiger partial charge in [0, 0.05) is 11.4 Å². The molecule has 0 unspecified atom stereocenters. The van der Waals surface area contributed by atoms with Crippen LogP contribution in [0.15, 0.2) is 23.6 Å². The van der Waals surface area contributed by atoms with E-state index in [2.05, 4.69) is 0 Å². The van der Waals surface area contributed by atoms with Crippen molar-refractivity contribution in [3.05, 3.63) is 57.3 Å². The van der Waals surface area contributed by atoms with Crippen LogP contribution in [-0.4, -0.2) is 17.4 Å². The molecule has 7 heteroatoms. The van der Waals surface area contributed by atoms with Crippen molar-refractivity contribution in [1.82, 2.24) is 4.90 Å². The minimum Gasteiger partial charge on any atom is -0.334 e. The first-order chi connectivity index (χ1) is 9.95. The summed E-state index contributed by atoms with van der Waals surface area (Å²) >= 11 is 1.40. The molecule has 0 aliphatic heterocycles. The summed E-state index contributed by atoms with van der Waals surface area (Å²) in [6, 6.07) is 3.95. The first-order valence-electron chi connectivity index (χ1n) is 6.10. The Bertz CT molecular complexity index is 657. The molecule has 1 aromatic heterocycles. The number of thiophene rings is 1.